The van der Waals surface area contributed by atoms with E-state index < -0.39 is 0 Å². The second-order valence-electron chi connectivity index (χ2n) is 6.44. The summed E-state index contributed by atoms with van der Waals surface area (Å²) >= 11 is 0. The van der Waals surface area contributed by atoms with Crippen LogP contribution in [0.3, 0.4) is 0 Å². The molecule has 0 amide bonds. The Morgan fingerprint density at radius 1 is 1.16 bits per heavy atom. The van der Waals surface area contributed by atoms with Crippen LogP contribution in [0.2, 0.25) is 0 Å². The van der Waals surface area contributed by atoms with Crippen LogP contribution in [0.4, 0.5) is 0 Å². The Bertz CT molecular complexity index is 217. The van der Waals surface area contributed by atoms with Crippen LogP contribution < -0.4 is 5.32 Å². The van der Waals surface area contributed by atoms with Gasteiger partial charge in [0, 0.05) is 19.1 Å². The Kier molecular flexibility index (Phi) is 9.67. The number of nitrogens with zero attached hydrogens (tertiary/aromatic N) is 1. The Labute approximate surface area is 120 Å². The Balaban J connectivity index is 4.74. The molecule has 2 N–H and O–H groups in total. The molecule has 3 heteroatoms. The summed E-state index contributed by atoms with van der Waals surface area (Å²) in [6.07, 6.45) is 3.46. The van der Waals surface area contributed by atoms with Gasteiger partial charge in [-0.1, -0.05) is 34.6 Å². The van der Waals surface area contributed by atoms with Gasteiger partial charge >= 0.3 is 0 Å². The molecule has 0 radical (unpaired) electrons. The Morgan fingerprint density at radius 2 is 1.74 bits per heavy atom. The third-order valence-corrected chi connectivity index (χ3v) is 3.76. The van der Waals surface area contributed by atoms with Crippen molar-refractivity contribution in [1.82, 2.24) is 10.2 Å². The lowest BCUT2D eigenvalue weighted by molar-refractivity contribution is 0.0824. The number of aliphatic hydroxyl groups excluding tert-OH is 1. The van der Waals surface area contributed by atoms with Crippen molar-refractivity contribution in [3.05, 3.63) is 0 Å². The number of nitrogens with one attached hydrogen (secondary N) is 1. The van der Waals surface area contributed by atoms with Gasteiger partial charge in [-0.3, -0.25) is 4.90 Å². The predicted molar refractivity (Wildman–Crippen MR) is 84.6 cm³/mol. The van der Waals surface area contributed by atoms with Gasteiger partial charge in [0.1, 0.15) is 0 Å². The van der Waals surface area contributed by atoms with Gasteiger partial charge in [-0.2, -0.15) is 0 Å². The maximum atomic E-state index is 9.73. The molecule has 0 aliphatic heterocycles. The third-order valence-electron chi connectivity index (χ3n) is 3.76. The van der Waals surface area contributed by atoms with E-state index in [9.17, 15) is 5.11 Å². The van der Waals surface area contributed by atoms with Crippen LogP contribution in [-0.4, -0.2) is 47.8 Å². The first-order chi connectivity index (χ1) is 8.92. The van der Waals surface area contributed by atoms with Crippen LogP contribution in [-0.2, 0) is 0 Å². The summed E-state index contributed by atoms with van der Waals surface area (Å²) in [7, 11) is 0. The molecule has 19 heavy (non-hydrogen) atoms. The van der Waals surface area contributed by atoms with Gasteiger partial charge in [-0.05, 0) is 38.6 Å². The molecule has 0 aliphatic carbocycles. The van der Waals surface area contributed by atoms with E-state index >= 15 is 0 Å². The second kappa shape index (κ2) is 9.73. The highest BCUT2D eigenvalue weighted by atomic mass is 16.3. The highest BCUT2D eigenvalue weighted by Crippen LogP contribution is 2.16. The van der Waals surface area contributed by atoms with E-state index in [0.29, 0.717) is 12.0 Å². The lowest BCUT2D eigenvalue weighted by Crippen LogP contribution is -2.56. The molecular formula is C16H36N2O. The highest BCUT2D eigenvalue weighted by Gasteiger charge is 2.28. The van der Waals surface area contributed by atoms with Gasteiger partial charge in [0.15, 0.2) is 0 Å². The van der Waals surface area contributed by atoms with E-state index in [1.54, 1.807) is 0 Å². The van der Waals surface area contributed by atoms with Crippen molar-refractivity contribution in [1.29, 1.82) is 0 Å². The average Bonchev–Trinajstić information content (AvgIpc) is 2.37. The van der Waals surface area contributed by atoms with E-state index in [0.717, 1.165) is 26.1 Å². The van der Waals surface area contributed by atoms with Gasteiger partial charge in [0.2, 0.25) is 0 Å². The summed E-state index contributed by atoms with van der Waals surface area (Å²) in [4.78, 5) is 2.56. The lowest BCUT2D eigenvalue weighted by Gasteiger charge is -2.40. The zero-order chi connectivity index (χ0) is 14.9. The maximum Gasteiger partial charge on any atom is 0.0623 e. The van der Waals surface area contributed by atoms with E-state index in [1.807, 2.05) is 0 Å². The van der Waals surface area contributed by atoms with Crippen LogP contribution >= 0.6 is 0 Å². The third kappa shape index (κ3) is 7.28. The fraction of sp³-hybridized carbons (Fsp3) is 1.00. The summed E-state index contributed by atoms with van der Waals surface area (Å²) in [5, 5.41) is 13.2. The van der Waals surface area contributed by atoms with Crippen LogP contribution in [0.5, 0.6) is 0 Å². The van der Waals surface area contributed by atoms with Crippen molar-refractivity contribution >= 4 is 0 Å². The predicted octanol–water partition coefficient (Wildman–Crippen LogP) is 2.88. The monoisotopic (exact) mass is 272 g/mol. The van der Waals surface area contributed by atoms with Crippen molar-refractivity contribution < 1.29 is 5.11 Å². The SMILES string of the molecule is CCCNC(C)(CO)CN(CC(C)C)C(CC)CC. The van der Waals surface area contributed by atoms with Gasteiger partial charge < -0.3 is 10.4 Å². The molecule has 0 aromatic rings. The zero-order valence-corrected chi connectivity index (χ0v) is 14.0. The first kappa shape index (κ1) is 18.9. The van der Waals surface area contributed by atoms with Gasteiger partial charge in [0.05, 0.1) is 12.1 Å². The number of hydrogen-bond acceptors (Lipinski definition) is 3. The quantitative estimate of drug-likeness (QED) is 0.607. The standard InChI is InChI=1S/C16H36N2O/c1-7-10-17-16(6,13-19)12-18(11-14(4)5)15(8-2)9-3/h14-15,17,19H,7-13H2,1-6H3. The fourth-order valence-corrected chi connectivity index (χ4v) is 2.65. The normalized spacial score (nSPS) is 15.5. The molecule has 0 aliphatic rings. The van der Waals surface area contributed by atoms with Gasteiger partial charge in [-0.25, -0.2) is 0 Å². The molecule has 0 bridgehead atoms. The number of hydrogen-bond donors (Lipinski definition) is 2. The summed E-state index contributed by atoms with van der Waals surface area (Å²) < 4.78 is 0. The molecule has 1 unspecified atom stereocenters. The number of aliphatic hydroxyl groups is 1. The minimum atomic E-state index is -0.187. The van der Waals surface area contributed by atoms with Crippen LogP contribution in [0.1, 0.15) is 60.8 Å². The molecule has 0 aromatic carbocycles. The summed E-state index contributed by atoms with van der Waals surface area (Å²) in [6, 6.07) is 0.622. The van der Waals surface area contributed by atoms with Gasteiger partial charge in [0.25, 0.3) is 0 Å². The van der Waals surface area contributed by atoms with E-state index in [-0.39, 0.29) is 12.1 Å². The lowest BCUT2D eigenvalue weighted by atomic mass is 9.98. The second-order valence-corrected chi connectivity index (χ2v) is 6.44. The molecule has 0 fully saturated rings. The van der Waals surface area contributed by atoms with E-state index in [1.165, 1.54) is 12.8 Å². The molecule has 116 valence electrons. The van der Waals surface area contributed by atoms with Crippen molar-refractivity contribution in [2.45, 2.75) is 72.4 Å². The first-order valence-electron chi connectivity index (χ1n) is 8.02. The van der Waals surface area contributed by atoms with Crippen LogP contribution in [0, 0.1) is 5.92 Å². The topological polar surface area (TPSA) is 35.5 Å². The first-order valence-corrected chi connectivity index (χ1v) is 8.02. The van der Waals surface area contributed by atoms with Crippen molar-refractivity contribution in [3.8, 4) is 0 Å². The van der Waals surface area contributed by atoms with Crippen molar-refractivity contribution in [2.24, 2.45) is 5.92 Å². The minimum Gasteiger partial charge on any atom is -0.394 e. The average molecular weight is 272 g/mol. The Hall–Kier alpha value is -0.120. The van der Waals surface area contributed by atoms with E-state index in [2.05, 4.69) is 51.8 Å². The summed E-state index contributed by atoms with van der Waals surface area (Å²) in [5.74, 6) is 0.662. The molecule has 0 heterocycles. The molecule has 1 atom stereocenters. The fourth-order valence-electron chi connectivity index (χ4n) is 2.65. The largest absolute Gasteiger partial charge is 0.394 e. The molecule has 0 saturated heterocycles. The number of rotatable bonds is 11. The van der Waals surface area contributed by atoms with Crippen LogP contribution in [0.15, 0.2) is 0 Å². The summed E-state index contributed by atoms with van der Waals surface area (Å²) in [6.45, 7) is 16.6. The Morgan fingerprint density at radius 3 is 2.11 bits per heavy atom. The molecule has 0 spiro atoms. The minimum absolute atomic E-state index is 0.187. The molecule has 0 saturated carbocycles. The smallest absolute Gasteiger partial charge is 0.0623 e. The molecular weight excluding hydrogens is 236 g/mol. The molecule has 3 nitrogen and oxygen atoms in total. The zero-order valence-electron chi connectivity index (χ0n) is 14.0. The highest BCUT2D eigenvalue weighted by molar-refractivity contribution is 4.88. The van der Waals surface area contributed by atoms with Crippen molar-refractivity contribution in [2.75, 3.05) is 26.2 Å². The molecule has 0 aromatic heterocycles. The van der Waals surface area contributed by atoms with E-state index in [4.69, 9.17) is 0 Å². The van der Waals surface area contributed by atoms with Crippen molar-refractivity contribution in [3.63, 3.8) is 0 Å². The maximum absolute atomic E-state index is 9.73. The van der Waals surface area contributed by atoms with Crippen LogP contribution in [0.25, 0.3) is 0 Å². The van der Waals surface area contributed by atoms with Gasteiger partial charge in [-0.15, -0.1) is 0 Å². The molecule has 0 rings (SSSR count). The summed E-state index contributed by atoms with van der Waals surface area (Å²) in [5.41, 5.74) is -0.187.